The molecule has 0 spiro atoms. The predicted molar refractivity (Wildman–Crippen MR) is 71.8 cm³/mol. The molecule has 1 heterocycles. The third-order valence-electron chi connectivity index (χ3n) is 3.02. The average molecular weight is 260 g/mol. The van der Waals surface area contributed by atoms with Gasteiger partial charge in [-0.3, -0.25) is 9.59 Å². The molecule has 1 aliphatic heterocycles. The van der Waals surface area contributed by atoms with E-state index in [0.717, 1.165) is 5.69 Å². The highest BCUT2D eigenvalue weighted by Crippen LogP contribution is 2.27. The van der Waals surface area contributed by atoms with Crippen molar-refractivity contribution in [2.45, 2.75) is 6.42 Å². The molecule has 1 aromatic rings. The Hall–Kier alpha value is -2.30. The second-order valence-electron chi connectivity index (χ2n) is 4.40. The number of anilines is 1. The van der Waals surface area contributed by atoms with Crippen LogP contribution in [0.5, 0.6) is 5.75 Å². The summed E-state index contributed by atoms with van der Waals surface area (Å²) in [6.07, 6.45) is 1.82. The quantitative estimate of drug-likeness (QED) is 0.805. The number of hydrogen-bond acceptors (Lipinski definition) is 3. The number of ether oxygens (including phenoxy) is 1. The number of benzene rings is 1. The fourth-order valence-electron chi connectivity index (χ4n) is 2.04. The zero-order chi connectivity index (χ0) is 13.8. The van der Waals surface area contributed by atoms with Crippen LogP contribution in [-0.4, -0.2) is 25.0 Å². The van der Waals surface area contributed by atoms with E-state index >= 15 is 0 Å². The van der Waals surface area contributed by atoms with Crippen molar-refractivity contribution in [3.63, 3.8) is 0 Å². The predicted octanol–water partition coefficient (Wildman–Crippen LogP) is 1.09. The zero-order valence-corrected chi connectivity index (χ0v) is 10.5. The third kappa shape index (κ3) is 2.93. The Bertz CT molecular complexity index is 513. The van der Waals surface area contributed by atoms with Gasteiger partial charge in [-0.2, -0.15) is 0 Å². The molecular formula is C14H16N2O3. The molecule has 1 atom stereocenters. The van der Waals surface area contributed by atoms with Crippen LogP contribution in [0, 0.1) is 5.92 Å². The van der Waals surface area contributed by atoms with E-state index in [4.69, 9.17) is 10.5 Å². The SMILES string of the molecule is C=CCOc1cccc(N2CC(C(N)=O)CC2=O)c1. The van der Waals surface area contributed by atoms with E-state index in [1.807, 2.05) is 6.07 Å². The molecule has 1 aliphatic rings. The maximum Gasteiger partial charge on any atom is 0.227 e. The van der Waals surface area contributed by atoms with Crippen molar-refractivity contribution in [2.75, 3.05) is 18.1 Å². The van der Waals surface area contributed by atoms with Gasteiger partial charge in [-0.15, -0.1) is 0 Å². The zero-order valence-electron chi connectivity index (χ0n) is 10.5. The molecule has 1 unspecified atom stereocenters. The molecular weight excluding hydrogens is 244 g/mol. The highest BCUT2D eigenvalue weighted by atomic mass is 16.5. The number of primary amides is 1. The second kappa shape index (κ2) is 5.56. The van der Waals surface area contributed by atoms with E-state index in [0.29, 0.717) is 18.9 Å². The number of hydrogen-bond donors (Lipinski definition) is 1. The molecule has 2 amide bonds. The van der Waals surface area contributed by atoms with Crippen molar-refractivity contribution < 1.29 is 14.3 Å². The summed E-state index contributed by atoms with van der Waals surface area (Å²) in [4.78, 5) is 24.6. The molecule has 100 valence electrons. The van der Waals surface area contributed by atoms with Gasteiger partial charge in [-0.05, 0) is 12.1 Å². The number of carbonyl (C=O) groups excluding carboxylic acids is 2. The smallest absolute Gasteiger partial charge is 0.227 e. The van der Waals surface area contributed by atoms with Crippen molar-refractivity contribution in [3.8, 4) is 5.75 Å². The Morgan fingerprint density at radius 2 is 2.37 bits per heavy atom. The molecule has 0 bridgehead atoms. The van der Waals surface area contributed by atoms with Crippen molar-refractivity contribution in [3.05, 3.63) is 36.9 Å². The summed E-state index contributed by atoms with van der Waals surface area (Å²) in [7, 11) is 0. The van der Waals surface area contributed by atoms with Crippen molar-refractivity contribution >= 4 is 17.5 Å². The number of carbonyl (C=O) groups is 2. The van der Waals surface area contributed by atoms with Gasteiger partial charge >= 0.3 is 0 Å². The first-order valence-electron chi connectivity index (χ1n) is 6.05. The van der Waals surface area contributed by atoms with E-state index in [-0.39, 0.29) is 12.3 Å². The van der Waals surface area contributed by atoms with Gasteiger partial charge in [0.1, 0.15) is 12.4 Å². The van der Waals surface area contributed by atoms with Gasteiger partial charge in [0, 0.05) is 24.7 Å². The van der Waals surface area contributed by atoms with Crippen LogP contribution in [0.2, 0.25) is 0 Å². The lowest BCUT2D eigenvalue weighted by atomic mass is 10.1. The van der Waals surface area contributed by atoms with Crippen molar-refractivity contribution in [1.29, 1.82) is 0 Å². The van der Waals surface area contributed by atoms with Crippen molar-refractivity contribution in [2.24, 2.45) is 11.7 Å². The molecule has 1 fully saturated rings. The molecule has 0 aliphatic carbocycles. The first-order valence-corrected chi connectivity index (χ1v) is 6.05. The molecule has 1 saturated heterocycles. The number of nitrogens with zero attached hydrogens (tertiary/aromatic N) is 1. The normalized spacial score (nSPS) is 18.4. The van der Waals surface area contributed by atoms with E-state index in [1.165, 1.54) is 0 Å². The van der Waals surface area contributed by atoms with Gasteiger partial charge in [0.05, 0.1) is 5.92 Å². The van der Waals surface area contributed by atoms with Gasteiger partial charge in [-0.1, -0.05) is 18.7 Å². The fourth-order valence-corrected chi connectivity index (χ4v) is 2.04. The third-order valence-corrected chi connectivity index (χ3v) is 3.02. The lowest BCUT2D eigenvalue weighted by molar-refractivity contribution is -0.123. The topological polar surface area (TPSA) is 72.6 Å². The maximum absolute atomic E-state index is 11.9. The van der Waals surface area contributed by atoms with E-state index in [2.05, 4.69) is 6.58 Å². The molecule has 0 aromatic heterocycles. The van der Waals surface area contributed by atoms with Crippen LogP contribution in [0.3, 0.4) is 0 Å². The molecule has 19 heavy (non-hydrogen) atoms. The largest absolute Gasteiger partial charge is 0.489 e. The first-order chi connectivity index (χ1) is 9.11. The van der Waals surface area contributed by atoms with Crippen molar-refractivity contribution in [1.82, 2.24) is 0 Å². The molecule has 5 heteroatoms. The van der Waals surface area contributed by atoms with Gasteiger partial charge in [0.2, 0.25) is 11.8 Å². The maximum atomic E-state index is 11.9. The molecule has 2 N–H and O–H groups in total. The Morgan fingerprint density at radius 3 is 3.00 bits per heavy atom. The van der Waals surface area contributed by atoms with Crippen LogP contribution >= 0.6 is 0 Å². The van der Waals surface area contributed by atoms with E-state index in [1.54, 1.807) is 29.2 Å². The standard InChI is InChI=1S/C14H16N2O3/c1-2-6-19-12-5-3-4-11(8-12)16-9-10(14(15)18)7-13(16)17/h2-5,8,10H,1,6-7,9H2,(H2,15,18). The Morgan fingerprint density at radius 1 is 1.58 bits per heavy atom. The first kappa shape index (κ1) is 13.1. The summed E-state index contributed by atoms with van der Waals surface area (Å²) in [5.41, 5.74) is 5.96. The minimum Gasteiger partial charge on any atom is -0.489 e. The van der Waals surface area contributed by atoms with Crippen LogP contribution in [-0.2, 0) is 9.59 Å². The molecule has 1 aromatic carbocycles. The molecule has 2 rings (SSSR count). The summed E-state index contributed by atoms with van der Waals surface area (Å²) >= 11 is 0. The minimum atomic E-state index is -0.435. The monoisotopic (exact) mass is 260 g/mol. The van der Waals surface area contributed by atoms with E-state index < -0.39 is 11.8 Å². The van der Waals surface area contributed by atoms with Crippen LogP contribution < -0.4 is 15.4 Å². The molecule has 0 radical (unpaired) electrons. The minimum absolute atomic E-state index is 0.0929. The summed E-state index contributed by atoms with van der Waals surface area (Å²) < 4.78 is 5.42. The second-order valence-corrected chi connectivity index (χ2v) is 4.40. The van der Waals surface area contributed by atoms with Crippen LogP contribution in [0.1, 0.15) is 6.42 Å². The highest BCUT2D eigenvalue weighted by Gasteiger charge is 2.33. The average Bonchev–Trinajstić information content (AvgIpc) is 2.79. The van der Waals surface area contributed by atoms with Crippen LogP contribution in [0.25, 0.3) is 0 Å². The summed E-state index contributed by atoms with van der Waals surface area (Å²) in [6.45, 7) is 4.31. The molecule has 5 nitrogen and oxygen atoms in total. The molecule has 0 saturated carbocycles. The lowest BCUT2D eigenvalue weighted by Gasteiger charge is -2.17. The lowest BCUT2D eigenvalue weighted by Crippen LogP contribution is -2.28. The van der Waals surface area contributed by atoms with Crippen LogP contribution in [0.15, 0.2) is 36.9 Å². The number of amides is 2. The van der Waals surface area contributed by atoms with Gasteiger partial charge in [0.25, 0.3) is 0 Å². The number of nitrogens with two attached hydrogens (primary N) is 1. The van der Waals surface area contributed by atoms with Gasteiger partial charge in [0.15, 0.2) is 0 Å². The van der Waals surface area contributed by atoms with Gasteiger partial charge < -0.3 is 15.4 Å². The Labute approximate surface area is 111 Å². The summed E-state index contributed by atoms with van der Waals surface area (Å²) in [5, 5.41) is 0. The highest BCUT2D eigenvalue weighted by molar-refractivity contribution is 6.00. The fraction of sp³-hybridized carbons (Fsp3) is 0.286. The van der Waals surface area contributed by atoms with E-state index in [9.17, 15) is 9.59 Å². The van der Waals surface area contributed by atoms with Crippen LogP contribution in [0.4, 0.5) is 5.69 Å². The summed E-state index contributed by atoms with van der Waals surface area (Å²) in [5.74, 6) is -0.280. The van der Waals surface area contributed by atoms with Gasteiger partial charge in [-0.25, -0.2) is 0 Å². The Kier molecular flexibility index (Phi) is 3.85. The summed E-state index contributed by atoms with van der Waals surface area (Å²) in [6, 6.07) is 7.19. The Balaban J connectivity index is 2.15. The number of rotatable bonds is 5.